The minimum Gasteiger partial charge on any atom is -0.481 e. The number of aliphatic imine (C=N–C) groups is 1. The van der Waals surface area contributed by atoms with Gasteiger partial charge >= 0.3 is 5.97 Å². The third kappa shape index (κ3) is 3.52. The van der Waals surface area contributed by atoms with Crippen LogP contribution in [0.15, 0.2) is 40.1 Å². The molecule has 8 nitrogen and oxygen atoms in total. The fourth-order valence-electron chi connectivity index (χ4n) is 4.34. The number of hydrogen-bond donors (Lipinski definition) is 2. The molecule has 3 N–H and O–H groups in total. The highest BCUT2D eigenvalue weighted by Gasteiger charge is 2.30. The zero-order valence-corrected chi connectivity index (χ0v) is 18.3. The Balaban J connectivity index is 1.51. The summed E-state index contributed by atoms with van der Waals surface area (Å²) in [6.45, 7) is 0. The molecule has 2 aliphatic rings. The molecule has 0 radical (unpaired) electrons. The van der Waals surface area contributed by atoms with Crippen molar-refractivity contribution in [2.45, 2.75) is 38.0 Å². The Hall–Kier alpha value is -3.07. The number of nitrogen functional groups attached to an aromatic ring is 1. The number of nitrogens with zero attached hydrogens (tertiary/aromatic N) is 5. The lowest BCUT2D eigenvalue weighted by Crippen LogP contribution is -2.21. The molecule has 1 saturated carbocycles. The molecule has 31 heavy (non-hydrogen) atoms. The van der Waals surface area contributed by atoms with Crippen LogP contribution in [0, 0.1) is 5.92 Å². The van der Waals surface area contributed by atoms with Gasteiger partial charge in [0.1, 0.15) is 5.82 Å². The predicted octanol–water partition coefficient (Wildman–Crippen LogP) is 4.31. The normalized spacial score (nSPS) is 20.9. The Morgan fingerprint density at radius 2 is 2.00 bits per heavy atom. The average molecular weight is 481 g/mol. The second-order valence-corrected chi connectivity index (χ2v) is 8.74. The smallest absolute Gasteiger partial charge is 0.306 e. The van der Waals surface area contributed by atoms with Crippen molar-refractivity contribution in [2.24, 2.45) is 10.9 Å². The van der Waals surface area contributed by atoms with Crippen LogP contribution in [-0.2, 0) is 4.79 Å². The second-order valence-electron chi connectivity index (χ2n) is 7.95. The van der Waals surface area contributed by atoms with Gasteiger partial charge in [-0.15, -0.1) is 0 Å². The molecule has 0 amide bonds. The lowest BCUT2D eigenvalue weighted by molar-refractivity contribution is -0.142. The Labute approximate surface area is 187 Å². The Morgan fingerprint density at radius 3 is 2.65 bits per heavy atom. The van der Waals surface area contributed by atoms with E-state index in [1.165, 1.54) is 0 Å². The molecular formula is C22H21BrN6O2. The van der Waals surface area contributed by atoms with Crippen molar-refractivity contribution in [3.63, 3.8) is 0 Å². The molecule has 1 fully saturated rings. The van der Waals surface area contributed by atoms with Gasteiger partial charge in [-0.05, 0) is 47.7 Å². The molecular weight excluding hydrogens is 460 g/mol. The maximum absolute atomic E-state index is 11.3. The maximum Gasteiger partial charge on any atom is 0.306 e. The van der Waals surface area contributed by atoms with Crippen LogP contribution < -0.4 is 5.73 Å². The van der Waals surface area contributed by atoms with E-state index in [0.29, 0.717) is 24.3 Å². The zero-order valence-electron chi connectivity index (χ0n) is 16.7. The second kappa shape index (κ2) is 7.88. The van der Waals surface area contributed by atoms with Crippen molar-refractivity contribution >= 4 is 45.3 Å². The summed E-state index contributed by atoms with van der Waals surface area (Å²) in [4.78, 5) is 25.1. The summed E-state index contributed by atoms with van der Waals surface area (Å²) in [6.07, 6.45) is 11.1. The average Bonchev–Trinajstić information content (AvgIpc) is 3.47. The SMILES string of the molecule is Nc1c(Br)c(C2CCC(C(=O)O)CC2)nc2c(-c3ccc(C4=CCC=N4)nc3)cnn12. The highest BCUT2D eigenvalue weighted by atomic mass is 79.9. The number of pyridine rings is 1. The van der Waals surface area contributed by atoms with E-state index in [1.54, 1.807) is 16.9 Å². The zero-order chi connectivity index (χ0) is 21.5. The van der Waals surface area contributed by atoms with Crippen LogP contribution in [0.3, 0.4) is 0 Å². The van der Waals surface area contributed by atoms with E-state index in [4.69, 9.17) is 10.7 Å². The number of anilines is 1. The molecule has 0 bridgehead atoms. The van der Waals surface area contributed by atoms with Gasteiger partial charge in [0.25, 0.3) is 0 Å². The van der Waals surface area contributed by atoms with Gasteiger partial charge in [0, 0.05) is 35.9 Å². The van der Waals surface area contributed by atoms with E-state index in [2.05, 4.69) is 31.0 Å². The van der Waals surface area contributed by atoms with Crippen LogP contribution in [0.1, 0.15) is 49.4 Å². The summed E-state index contributed by atoms with van der Waals surface area (Å²) in [6, 6.07) is 3.94. The first kappa shape index (κ1) is 19.9. The molecule has 0 spiro atoms. The predicted molar refractivity (Wildman–Crippen MR) is 122 cm³/mol. The van der Waals surface area contributed by atoms with E-state index in [1.807, 2.05) is 24.4 Å². The van der Waals surface area contributed by atoms with Gasteiger partial charge in [-0.1, -0.05) is 12.1 Å². The van der Waals surface area contributed by atoms with Gasteiger partial charge in [0.05, 0.1) is 33.7 Å². The fourth-order valence-corrected chi connectivity index (χ4v) is 4.93. The number of carboxylic acids is 1. The van der Waals surface area contributed by atoms with E-state index in [-0.39, 0.29) is 11.8 Å². The summed E-state index contributed by atoms with van der Waals surface area (Å²) < 4.78 is 2.36. The number of aliphatic carboxylic acids is 1. The number of nitrogens with two attached hydrogens (primary N) is 1. The van der Waals surface area contributed by atoms with Gasteiger partial charge in [0.15, 0.2) is 5.65 Å². The van der Waals surface area contributed by atoms with Crippen LogP contribution in [0.4, 0.5) is 5.82 Å². The first-order valence-corrected chi connectivity index (χ1v) is 11.1. The highest BCUT2D eigenvalue weighted by molar-refractivity contribution is 9.10. The standard InChI is InChI=1S/C22H21BrN6O2/c23-18-19(12-3-5-13(6-4-12)22(30)31)28-21-15(11-27-29(21)20(18)24)14-7-8-17(26-10-14)16-2-1-9-25-16/h2,7-13H,1,3-6,24H2,(H,30,31). The Morgan fingerprint density at radius 1 is 1.19 bits per heavy atom. The molecule has 158 valence electrons. The van der Waals surface area contributed by atoms with Crippen LogP contribution >= 0.6 is 15.9 Å². The van der Waals surface area contributed by atoms with Gasteiger partial charge in [-0.2, -0.15) is 9.61 Å². The number of carboxylic acid groups (broad SMARTS) is 1. The monoisotopic (exact) mass is 480 g/mol. The number of aromatic nitrogens is 4. The number of carbonyl (C=O) groups is 1. The lowest BCUT2D eigenvalue weighted by atomic mass is 9.80. The molecule has 3 aromatic heterocycles. The first-order chi connectivity index (χ1) is 15.0. The van der Waals surface area contributed by atoms with Crippen LogP contribution in [-0.4, -0.2) is 36.9 Å². The topological polar surface area (TPSA) is 119 Å². The van der Waals surface area contributed by atoms with Crippen LogP contribution in [0.5, 0.6) is 0 Å². The molecule has 0 atom stereocenters. The van der Waals surface area contributed by atoms with Crippen molar-refractivity contribution in [2.75, 3.05) is 5.73 Å². The summed E-state index contributed by atoms with van der Waals surface area (Å²) in [5.41, 5.74) is 11.4. The number of hydrogen-bond acceptors (Lipinski definition) is 6. The third-order valence-electron chi connectivity index (χ3n) is 6.10. The van der Waals surface area contributed by atoms with Gasteiger partial charge in [0.2, 0.25) is 0 Å². The van der Waals surface area contributed by atoms with Crippen LogP contribution in [0.25, 0.3) is 22.5 Å². The Bertz CT molecular complexity index is 1220. The molecule has 0 aromatic carbocycles. The number of halogens is 1. The molecule has 3 aromatic rings. The molecule has 1 aliphatic carbocycles. The lowest BCUT2D eigenvalue weighted by Gasteiger charge is -2.26. The summed E-state index contributed by atoms with van der Waals surface area (Å²) in [5.74, 6) is -0.339. The van der Waals surface area contributed by atoms with Crippen molar-refractivity contribution in [1.29, 1.82) is 0 Å². The van der Waals surface area contributed by atoms with Gasteiger partial charge in [-0.25, -0.2) is 4.98 Å². The van der Waals surface area contributed by atoms with Crippen molar-refractivity contribution in [3.8, 4) is 11.1 Å². The van der Waals surface area contributed by atoms with Gasteiger partial charge < -0.3 is 10.8 Å². The molecule has 9 heteroatoms. The van der Waals surface area contributed by atoms with E-state index >= 15 is 0 Å². The van der Waals surface area contributed by atoms with E-state index < -0.39 is 5.97 Å². The molecule has 4 heterocycles. The van der Waals surface area contributed by atoms with Gasteiger partial charge in [-0.3, -0.25) is 14.8 Å². The number of rotatable bonds is 4. The van der Waals surface area contributed by atoms with Crippen LogP contribution in [0.2, 0.25) is 0 Å². The largest absolute Gasteiger partial charge is 0.481 e. The number of fused-ring (bicyclic) bond motifs is 1. The summed E-state index contributed by atoms with van der Waals surface area (Å²) >= 11 is 3.60. The minimum absolute atomic E-state index is 0.160. The minimum atomic E-state index is -0.714. The summed E-state index contributed by atoms with van der Waals surface area (Å²) in [5, 5.41) is 13.7. The highest BCUT2D eigenvalue weighted by Crippen LogP contribution is 2.40. The van der Waals surface area contributed by atoms with Crippen molar-refractivity contribution in [1.82, 2.24) is 19.6 Å². The molecule has 5 rings (SSSR count). The van der Waals surface area contributed by atoms with E-state index in [0.717, 1.165) is 51.9 Å². The fraction of sp³-hybridized carbons (Fsp3) is 0.318. The maximum atomic E-state index is 11.3. The molecule has 0 unspecified atom stereocenters. The van der Waals surface area contributed by atoms with Crippen molar-refractivity contribution < 1.29 is 9.90 Å². The third-order valence-corrected chi connectivity index (χ3v) is 6.91. The quantitative estimate of drug-likeness (QED) is 0.573. The molecule has 0 saturated heterocycles. The molecule has 1 aliphatic heterocycles. The Kier molecular flexibility index (Phi) is 5.05. The summed E-state index contributed by atoms with van der Waals surface area (Å²) in [7, 11) is 0. The number of allylic oxidation sites excluding steroid dienone is 1. The van der Waals surface area contributed by atoms with Crippen molar-refractivity contribution in [3.05, 3.63) is 46.5 Å². The van der Waals surface area contributed by atoms with E-state index in [9.17, 15) is 9.90 Å². The first-order valence-electron chi connectivity index (χ1n) is 10.3.